The molecular weight excluding hydrogens is 404 g/mol. The Morgan fingerprint density at radius 3 is 2.42 bits per heavy atom. The average Bonchev–Trinajstić information content (AvgIpc) is 2.68. The number of ketones is 2. The molecule has 9 heteroatoms. The summed E-state index contributed by atoms with van der Waals surface area (Å²) in [5.41, 5.74) is 2.50. The van der Waals surface area contributed by atoms with Crippen molar-refractivity contribution in [2.24, 2.45) is 11.7 Å². The highest BCUT2D eigenvalue weighted by atomic mass is 16.3. The number of hydrogen-bond donors (Lipinski definition) is 5. The monoisotopic (exact) mass is 426 g/mol. The number of aromatic hydroxyl groups is 2. The molecule has 31 heavy (non-hydrogen) atoms. The van der Waals surface area contributed by atoms with Crippen molar-refractivity contribution in [1.29, 1.82) is 0 Å². The molecule has 0 saturated carbocycles. The first-order valence-corrected chi connectivity index (χ1v) is 9.61. The summed E-state index contributed by atoms with van der Waals surface area (Å²) in [7, 11) is 3.10. The first kappa shape index (κ1) is 20.8. The minimum absolute atomic E-state index is 0.0313. The standard InChI is InChI=1S/C22H22N2O7/c1-8-9-5-4-6-12(25)13(9)17(26)14-10(8)7-11-16(24(2)3)18(27)15(21(23)30)20(29)22(11,31)19(14)28/h4-6,11,16,25-26,29,31H,7H2,1-3H3,(H2,23,30)/t11-,16-,22?/m0/s1. The van der Waals surface area contributed by atoms with Crippen LogP contribution in [0, 0.1) is 12.8 Å². The molecule has 4 rings (SSSR count). The minimum atomic E-state index is -2.65. The van der Waals surface area contributed by atoms with E-state index in [1.54, 1.807) is 33.2 Å². The number of rotatable bonds is 2. The van der Waals surface area contributed by atoms with Gasteiger partial charge in [0.15, 0.2) is 11.4 Å². The Kier molecular flexibility index (Phi) is 4.39. The van der Waals surface area contributed by atoms with Crippen LogP contribution in [0.4, 0.5) is 0 Å². The van der Waals surface area contributed by atoms with Crippen LogP contribution >= 0.6 is 0 Å². The van der Waals surface area contributed by atoms with Crippen molar-refractivity contribution >= 4 is 28.2 Å². The van der Waals surface area contributed by atoms with E-state index >= 15 is 0 Å². The van der Waals surface area contributed by atoms with Crippen LogP contribution in [0.15, 0.2) is 29.5 Å². The third-order valence-electron chi connectivity index (χ3n) is 6.51. The lowest BCUT2D eigenvalue weighted by molar-refractivity contribution is -0.132. The number of carbonyl (C=O) groups is 3. The van der Waals surface area contributed by atoms with Gasteiger partial charge in [-0.1, -0.05) is 12.1 Å². The first-order chi connectivity index (χ1) is 14.4. The number of aliphatic hydroxyl groups excluding tert-OH is 1. The van der Waals surface area contributed by atoms with Gasteiger partial charge in [-0.2, -0.15) is 0 Å². The van der Waals surface area contributed by atoms with Crippen molar-refractivity contribution in [2.45, 2.75) is 25.0 Å². The molecule has 1 amide bonds. The van der Waals surface area contributed by atoms with E-state index < -0.39 is 52.1 Å². The van der Waals surface area contributed by atoms with Crippen molar-refractivity contribution in [3.63, 3.8) is 0 Å². The van der Waals surface area contributed by atoms with E-state index in [4.69, 9.17) is 5.73 Å². The fraction of sp³-hybridized carbons (Fsp3) is 0.318. The maximum absolute atomic E-state index is 13.6. The molecule has 0 spiro atoms. The Morgan fingerprint density at radius 1 is 1.19 bits per heavy atom. The zero-order valence-electron chi connectivity index (χ0n) is 17.1. The van der Waals surface area contributed by atoms with Crippen LogP contribution in [0.5, 0.6) is 11.5 Å². The van der Waals surface area contributed by atoms with Gasteiger partial charge >= 0.3 is 0 Å². The van der Waals surface area contributed by atoms with Crippen molar-refractivity contribution in [1.82, 2.24) is 4.90 Å². The molecule has 0 aromatic heterocycles. The molecule has 6 N–H and O–H groups in total. The summed E-state index contributed by atoms with van der Waals surface area (Å²) < 4.78 is 0. The lowest BCUT2D eigenvalue weighted by Gasteiger charge is -2.47. The molecule has 3 atom stereocenters. The van der Waals surface area contributed by atoms with Gasteiger partial charge in [0.05, 0.1) is 17.0 Å². The molecule has 1 unspecified atom stereocenters. The van der Waals surface area contributed by atoms with Crippen LogP contribution in [-0.4, -0.2) is 68.5 Å². The zero-order valence-corrected chi connectivity index (χ0v) is 17.1. The van der Waals surface area contributed by atoms with Gasteiger partial charge < -0.3 is 26.2 Å². The maximum Gasteiger partial charge on any atom is 0.255 e. The largest absolute Gasteiger partial charge is 0.508 e. The Labute approximate surface area is 177 Å². The second-order valence-electron chi connectivity index (χ2n) is 8.29. The molecule has 0 fully saturated rings. The van der Waals surface area contributed by atoms with Crippen LogP contribution in [-0.2, 0) is 16.0 Å². The number of aliphatic hydroxyl groups is 2. The summed E-state index contributed by atoms with van der Waals surface area (Å²) in [5, 5.41) is 43.9. The molecule has 0 bridgehead atoms. The molecular formula is C22H22N2O7. The van der Waals surface area contributed by atoms with Gasteiger partial charge in [0.1, 0.15) is 22.8 Å². The van der Waals surface area contributed by atoms with Crippen molar-refractivity contribution < 1.29 is 34.8 Å². The van der Waals surface area contributed by atoms with E-state index in [1.165, 1.54) is 11.0 Å². The number of nitrogens with zero attached hydrogens (tertiary/aromatic N) is 1. The fourth-order valence-electron chi connectivity index (χ4n) is 5.04. The average molecular weight is 426 g/mol. The maximum atomic E-state index is 13.6. The van der Waals surface area contributed by atoms with Crippen molar-refractivity contribution in [3.8, 4) is 11.5 Å². The molecule has 0 aliphatic heterocycles. The highest BCUT2D eigenvalue weighted by Gasteiger charge is 2.62. The second-order valence-corrected chi connectivity index (χ2v) is 8.29. The first-order valence-electron chi connectivity index (χ1n) is 9.61. The third kappa shape index (κ3) is 2.47. The highest BCUT2D eigenvalue weighted by molar-refractivity contribution is 6.25. The van der Waals surface area contributed by atoms with Crippen LogP contribution in [0.1, 0.15) is 21.5 Å². The van der Waals surface area contributed by atoms with Crippen LogP contribution in [0.25, 0.3) is 10.8 Å². The Bertz CT molecular complexity index is 1230. The number of phenols is 2. The molecule has 0 heterocycles. The highest BCUT2D eigenvalue weighted by Crippen LogP contribution is 2.50. The van der Waals surface area contributed by atoms with Gasteiger partial charge in [-0.3, -0.25) is 19.3 Å². The van der Waals surface area contributed by atoms with Gasteiger partial charge in [0.25, 0.3) is 5.91 Å². The molecule has 0 radical (unpaired) electrons. The van der Waals surface area contributed by atoms with E-state index in [1.807, 2.05) is 0 Å². The van der Waals surface area contributed by atoms with E-state index in [-0.39, 0.29) is 23.1 Å². The number of hydrogen-bond acceptors (Lipinski definition) is 8. The molecule has 162 valence electrons. The molecule has 2 aliphatic rings. The summed E-state index contributed by atoms with van der Waals surface area (Å²) in [6.45, 7) is 1.71. The summed E-state index contributed by atoms with van der Waals surface area (Å²) >= 11 is 0. The smallest absolute Gasteiger partial charge is 0.255 e. The normalized spacial score (nSPS) is 25.7. The number of Topliss-reactive ketones (excluding diaryl/α,β-unsaturated/α-hetero) is 2. The number of benzene rings is 2. The Balaban J connectivity index is 2.11. The lowest BCUT2D eigenvalue weighted by Crippen LogP contribution is -2.64. The minimum Gasteiger partial charge on any atom is -0.508 e. The molecule has 0 saturated heterocycles. The Hall–Kier alpha value is -3.43. The zero-order chi connectivity index (χ0) is 23.0. The Morgan fingerprint density at radius 2 is 1.84 bits per heavy atom. The topological polar surface area (TPSA) is 161 Å². The number of likely N-dealkylation sites (N-methyl/N-ethyl adjacent to an activating group) is 1. The lowest BCUT2D eigenvalue weighted by atomic mass is 9.61. The fourth-order valence-corrected chi connectivity index (χ4v) is 5.04. The quantitative estimate of drug-likeness (QED) is 0.433. The molecule has 2 aromatic rings. The predicted molar refractivity (Wildman–Crippen MR) is 110 cm³/mol. The van der Waals surface area contributed by atoms with Gasteiger partial charge in [0, 0.05) is 5.92 Å². The van der Waals surface area contributed by atoms with Crippen LogP contribution in [0.3, 0.4) is 0 Å². The molecule has 9 nitrogen and oxygen atoms in total. The van der Waals surface area contributed by atoms with Gasteiger partial charge in [0.2, 0.25) is 5.78 Å². The third-order valence-corrected chi connectivity index (χ3v) is 6.51. The number of carbonyl (C=O) groups excluding carboxylic acids is 3. The second kappa shape index (κ2) is 6.53. The molecule has 2 aliphatic carbocycles. The summed E-state index contributed by atoms with van der Waals surface area (Å²) in [6.07, 6.45) is -0.0484. The summed E-state index contributed by atoms with van der Waals surface area (Å²) in [5.74, 6) is -6.18. The number of aryl methyl sites for hydroxylation is 1. The number of amides is 1. The van der Waals surface area contributed by atoms with Crippen molar-refractivity contribution in [3.05, 3.63) is 46.2 Å². The number of fused-ring (bicyclic) bond motifs is 3. The van der Waals surface area contributed by atoms with Gasteiger partial charge in [-0.25, -0.2) is 0 Å². The predicted octanol–water partition coefficient (Wildman–Crippen LogP) is 0.456. The number of phenolic OH excluding ortho intramolecular Hbond substituents is 2. The van der Waals surface area contributed by atoms with E-state index in [9.17, 15) is 34.8 Å². The van der Waals surface area contributed by atoms with Gasteiger partial charge in [-0.15, -0.1) is 0 Å². The van der Waals surface area contributed by atoms with Gasteiger partial charge in [-0.05, 0) is 50.0 Å². The van der Waals surface area contributed by atoms with E-state index in [0.29, 0.717) is 16.5 Å². The van der Waals surface area contributed by atoms with Crippen molar-refractivity contribution in [2.75, 3.05) is 14.1 Å². The summed E-state index contributed by atoms with van der Waals surface area (Å²) in [6, 6.07) is 3.50. The van der Waals surface area contributed by atoms with E-state index in [2.05, 4.69) is 0 Å². The van der Waals surface area contributed by atoms with Crippen LogP contribution < -0.4 is 5.73 Å². The van der Waals surface area contributed by atoms with Crippen LogP contribution in [0.2, 0.25) is 0 Å². The van der Waals surface area contributed by atoms with E-state index in [0.717, 1.165) is 0 Å². The SMILES string of the molecule is Cc1c2c(c(O)c3c(O)cccc13)C(=O)C1(O)C(O)=C(C(N)=O)C(=O)[C@@H](N(C)C)[C@@H]1C2. The molecule has 2 aromatic carbocycles. The number of nitrogens with two attached hydrogens (primary N) is 1. The summed E-state index contributed by atoms with van der Waals surface area (Å²) in [4.78, 5) is 39.9. The number of primary amides is 1.